The van der Waals surface area contributed by atoms with E-state index in [2.05, 4.69) is 37.4 Å². The van der Waals surface area contributed by atoms with Crippen molar-refractivity contribution in [1.29, 1.82) is 0 Å². The minimum absolute atomic E-state index is 0.0885. The SMILES string of the molecule is CSc1cc(C(=O)CSc2cc(C)ccc2C)ccc1NC(C)=O. The lowest BCUT2D eigenvalue weighted by atomic mass is 10.1. The van der Waals surface area contributed by atoms with Crippen LogP contribution in [0.4, 0.5) is 5.69 Å². The second-order valence-electron chi connectivity index (χ2n) is 5.58. The Morgan fingerprint density at radius 1 is 1.04 bits per heavy atom. The minimum atomic E-state index is -0.116. The van der Waals surface area contributed by atoms with Crippen LogP contribution in [0.3, 0.4) is 0 Å². The third kappa shape index (κ3) is 4.89. The third-order valence-corrected chi connectivity index (χ3v) is 5.47. The highest BCUT2D eigenvalue weighted by molar-refractivity contribution is 8.00. The summed E-state index contributed by atoms with van der Waals surface area (Å²) in [6, 6.07) is 11.7. The lowest BCUT2D eigenvalue weighted by Gasteiger charge is -2.10. The Kier molecular flexibility index (Phi) is 6.52. The molecule has 0 atom stereocenters. The average molecular weight is 360 g/mol. The molecule has 24 heavy (non-hydrogen) atoms. The summed E-state index contributed by atoms with van der Waals surface area (Å²) in [7, 11) is 0. The number of rotatable bonds is 6. The Morgan fingerprint density at radius 3 is 2.46 bits per heavy atom. The first-order valence-corrected chi connectivity index (χ1v) is 9.80. The molecule has 126 valence electrons. The van der Waals surface area contributed by atoms with E-state index in [9.17, 15) is 9.59 Å². The number of hydrogen-bond acceptors (Lipinski definition) is 4. The van der Waals surface area contributed by atoms with E-state index in [1.165, 1.54) is 29.8 Å². The van der Waals surface area contributed by atoms with Crippen molar-refractivity contribution in [2.75, 3.05) is 17.3 Å². The fourth-order valence-electron chi connectivity index (χ4n) is 2.25. The van der Waals surface area contributed by atoms with Crippen LogP contribution in [0.25, 0.3) is 0 Å². The summed E-state index contributed by atoms with van der Waals surface area (Å²) >= 11 is 3.08. The van der Waals surface area contributed by atoms with E-state index in [0.29, 0.717) is 11.3 Å². The van der Waals surface area contributed by atoms with E-state index in [1.807, 2.05) is 12.3 Å². The summed E-state index contributed by atoms with van der Waals surface area (Å²) in [6.07, 6.45) is 1.93. The molecule has 0 saturated heterocycles. The Morgan fingerprint density at radius 2 is 1.79 bits per heavy atom. The van der Waals surface area contributed by atoms with Crippen LogP contribution in [-0.2, 0) is 4.79 Å². The molecule has 0 fully saturated rings. The molecule has 0 bridgehead atoms. The van der Waals surface area contributed by atoms with Gasteiger partial charge in [0.15, 0.2) is 5.78 Å². The highest BCUT2D eigenvalue weighted by Crippen LogP contribution is 2.28. The summed E-state index contributed by atoms with van der Waals surface area (Å²) in [6.45, 7) is 5.58. The second kappa shape index (κ2) is 8.40. The third-order valence-electron chi connectivity index (χ3n) is 3.54. The number of amides is 1. The monoisotopic (exact) mass is 359 g/mol. The van der Waals surface area contributed by atoms with Gasteiger partial charge in [-0.3, -0.25) is 9.59 Å². The van der Waals surface area contributed by atoms with E-state index in [-0.39, 0.29) is 11.7 Å². The summed E-state index contributed by atoms with van der Waals surface area (Å²) in [5, 5.41) is 2.79. The van der Waals surface area contributed by atoms with Gasteiger partial charge in [-0.2, -0.15) is 0 Å². The summed E-state index contributed by atoms with van der Waals surface area (Å²) in [4.78, 5) is 25.8. The predicted molar refractivity (Wildman–Crippen MR) is 103 cm³/mol. The first-order chi connectivity index (χ1) is 11.4. The molecule has 0 saturated carbocycles. The van der Waals surface area contributed by atoms with Crippen molar-refractivity contribution in [2.45, 2.75) is 30.6 Å². The van der Waals surface area contributed by atoms with Gasteiger partial charge in [-0.25, -0.2) is 0 Å². The van der Waals surface area contributed by atoms with Crippen molar-refractivity contribution in [1.82, 2.24) is 0 Å². The maximum atomic E-state index is 12.5. The highest BCUT2D eigenvalue weighted by atomic mass is 32.2. The van der Waals surface area contributed by atoms with Crippen molar-refractivity contribution in [3.05, 3.63) is 53.1 Å². The summed E-state index contributed by atoms with van der Waals surface area (Å²) < 4.78 is 0. The molecule has 0 heterocycles. The maximum absolute atomic E-state index is 12.5. The van der Waals surface area contributed by atoms with Crippen molar-refractivity contribution < 1.29 is 9.59 Å². The molecular formula is C19H21NO2S2. The quantitative estimate of drug-likeness (QED) is 0.585. The highest BCUT2D eigenvalue weighted by Gasteiger charge is 2.11. The van der Waals surface area contributed by atoms with Crippen LogP contribution >= 0.6 is 23.5 Å². The van der Waals surface area contributed by atoms with Gasteiger partial charge in [0, 0.05) is 22.3 Å². The van der Waals surface area contributed by atoms with Crippen LogP contribution in [-0.4, -0.2) is 23.7 Å². The second-order valence-corrected chi connectivity index (χ2v) is 7.44. The zero-order valence-electron chi connectivity index (χ0n) is 14.3. The number of aryl methyl sites for hydroxylation is 2. The zero-order chi connectivity index (χ0) is 17.7. The molecule has 5 heteroatoms. The van der Waals surface area contributed by atoms with Crippen molar-refractivity contribution in [3.8, 4) is 0 Å². The number of ketones is 1. The van der Waals surface area contributed by atoms with Crippen LogP contribution < -0.4 is 5.32 Å². The van der Waals surface area contributed by atoms with Crippen molar-refractivity contribution in [2.24, 2.45) is 0 Å². The van der Waals surface area contributed by atoms with E-state index >= 15 is 0 Å². The maximum Gasteiger partial charge on any atom is 0.221 e. The van der Waals surface area contributed by atoms with Crippen LogP contribution in [0.1, 0.15) is 28.4 Å². The van der Waals surface area contributed by atoms with Crippen LogP contribution in [0.5, 0.6) is 0 Å². The fourth-order valence-corrected chi connectivity index (χ4v) is 3.85. The lowest BCUT2D eigenvalue weighted by molar-refractivity contribution is -0.114. The molecule has 0 aliphatic heterocycles. The number of thioether (sulfide) groups is 2. The summed E-state index contributed by atoms with van der Waals surface area (Å²) in [5.74, 6) is 0.373. The van der Waals surface area contributed by atoms with E-state index in [4.69, 9.17) is 0 Å². The molecule has 3 nitrogen and oxygen atoms in total. The van der Waals surface area contributed by atoms with Crippen molar-refractivity contribution in [3.63, 3.8) is 0 Å². The van der Waals surface area contributed by atoms with Crippen molar-refractivity contribution >= 4 is 40.9 Å². The lowest BCUT2D eigenvalue weighted by Crippen LogP contribution is -2.08. The largest absolute Gasteiger partial charge is 0.325 e. The van der Waals surface area contributed by atoms with E-state index < -0.39 is 0 Å². The number of benzene rings is 2. The molecular weight excluding hydrogens is 338 g/mol. The topological polar surface area (TPSA) is 46.2 Å². The van der Waals surface area contributed by atoms with Gasteiger partial charge in [0.2, 0.25) is 5.91 Å². The number of carbonyl (C=O) groups excluding carboxylic acids is 2. The predicted octanol–water partition coefficient (Wildman–Crippen LogP) is 4.96. The zero-order valence-corrected chi connectivity index (χ0v) is 15.9. The average Bonchev–Trinajstić information content (AvgIpc) is 2.55. The molecule has 2 rings (SSSR count). The number of anilines is 1. The van der Waals surface area contributed by atoms with Gasteiger partial charge >= 0.3 is 0 Å². The molecule has 0 aliphatic carbocycles. The van der Waals surface area contributed by atoms with Gasteiger partial charge in [-0.05, 0) is 49.9 Å². The van der Waals surface area contributed by atoms with Gasteiger partial charge < -0.3 is 5.32 Å². The molecule has 0 spiro atoms. The molecule has 0 aliphatic rings. The number of hydrogen-bond donors (Lipinski definition) is 1. The van der Waals surface area contributed by atoms with E-state index in [1.54, 1.807) is 23.9 Å². The van der Waals surface area contributed by atoms with Crippen LogP contribution in [0.15, 0.2) is 46.2 Å². The Balaban J connectivity index is 2.12. The normalized spacial score (nSPS) is 10.5. The molecule has 1 N–H and O–H groups in total. The first kappa shape index (κ1) is 18.6. The fraction of sp³-hybridized carbons (Fsp3) is 0.263. The standard InChI is InChI=1S/C19H21NO2S2/c1-12-5-6-13(2)18(9-12)24-11-17(22)15-7-8-16(20-14(3)21)19(10-15)23-4/h5-10H,11H2,1-4H3,(H,20,21). The Labute approximate surface area is 151 Å². The Bertz CT molecular complexity index is 772. The van der Waals surface area contributed by atoms with Crippen LogP contribution in [0.2, 0.25) is 0 Å². The number of nitrogens with one attached hydrogen (secondary N) is 1. The van der Waals surface area contributed by atoms with Gasteiger partial charge in [0.05, 0.1) is 11.4 Å². The van der Waals surface area contributed by atoms with Gasteiger partial charge in [0.25, 0.3) is 0 Å². The minimum Gasteiger partial charge on any atom is -0.325 e. The number of carbonyl (C=O) groups is 2. The first-order valence-electron chi connectivity index (χ1n) is 7.59. The smallest absolute Gasteiger partial charge is 0.221 e. The van der Waals surface area contributed by atoms with Gasteiger partial charge in [-0.15, -0.1) is 23.5 Å². The molecule has 0 unspecified atom stereocenters. The molecule has 2 aromatic carbocycles. The molecule has 0 aromatic heterocycles. The molecule has 1 amide bonds. The Hall–Kier alpha value is -1.72. The molecule has 2 aromatic rings. The number of Topliss-reactive ketones (excluding diaryl/α,β-unsaturated/α-hetero) is 1. The summed E-state index contributed by atoms with van der Waals surface area (Å²) in [5.41, 5.74) is 3.80. The molecule has 0 radical (unpaired) electrons. The van der Waals surface area contributed by atoms with Gasteiger partial charge in [-0.1, -0.05) is 17.7 Å². The van der Waals surface area contributed by atoms with E-state index in [0.717, 1.165) is 15.5 Å². The van der Waals surface area contributed by atoms with Crippen LogP contribution in [0, 0.1) is 13.8 Å². The van der Waals surface area contributed by atoms with Gasteiger partial charge in [0.1, 0.15) is 0 Å².